The molecule has 0 aliphatic heterocycles. The molecule has 0 spiro atoms. The Kier molecular flexibility index (Phi) is 3.63. The molecular formula is C21H18N2O. The van der Waals surface area contributed by atoms with Gasteiger partial charge in [0.25, 0.3) is 0 Å². The molecule has 3 heteroatoms. The molecule has 1 heterocycles. The first-order valence-electron chi connectivity index (χ1n) is 8.00. The summed E-state index contributed by atoms with van der Waals surface area (Å²) in [7, 11) is 0. The van der Waals surface area contributed by atoms with Crippen molar-refractivity contribution in [2.75, 3.05) is 0 Å². The lowest BCUT2D eigenvalue weighted by molar-refractivity contribution is 0.282. The third-order valence-corrected chi connectivity index (χ3v) is 4.29. The number of fused-ring (bicyclic) bond motifs is 1. The molecule has 118 valence electrons. The second kappa shape index (κ2) is 5.95. The third-order valence-electron chi connectivity index (χ3n) is 4.29. The van der Waals surface area contributed by atoms with E-state index in [1.807, 2.05) is 31.2 Å². The van der Waals surface area contributed by atoms with Gasteiger partial charge in [-0.05, 0) is 46.9 Å². The Balaban J connectivity index is 1.66. The molecule has 0 bridgehead atoms. The van der Waals surface area contributed by atoms with Crippen LogP contribution in [0.1, 0.15) is 11.4 Å². The van der Waals surface area contributed by atoms with Gasteiger partial charge in [0.15, 0.2) is 0 Å². The number of hydrogen-bond donors (Lipinski definition) is 2. The quantitative estimate of drug-likeness (QED) is 0.576. The smallest absolute Gasteiger partial charge is 0.104 e. The summed E-state index contributed by atoms with van der Waals surface area (Å²) in [6.07, 6.45) is 0. The monoisotopic (exact) mass is 314 g/mol. The maximum absolute atomic E-state index is 9.13. The van der Waals surface area contributed by atoms with Crippen LogP contribution in [-0.2, 0) is 6.61 Å². The Morgan fingerprint density at radius 2 is 1.33 bits per heavy atom. The summed E-state index contributed by atoms with van der Waals surface area (Å²) in [6.45, 7) is 2.05. The van der Waals surface area contributed by atoms with Gasteiger partial charge < -0.3 is 10.1 Å². The number of rotatable bonds is 3. The number of nitrogens with zero attached hydrogens (tertiary/aromatic N) is 1. The predicted molar refractivity (Wildman–Crippen MR) is 97.6 cm³/mol. The van der Waals surface area contributed by atoms with Gasteiger partial charge in [-0.25, -0.2) is 4.98 Å². The highest BCUT2D eigenvalue weighted by molar-refractivity contribution is 5.82. The van der Waals surface area contributed by atoms with E-state index in [1.54, 1.807) is 0 Å². The van der Waals surface area contributed by atoms with Crippen LogP contribution in [0.5, 0.6) is 0 Å². The minimum atomic E-state index is 0.0781. The summed E-state index contributed by atoms with van der Waals surface area (Å²) in [5, 5.41) is 9.13. The van der Waals surface area contributed by atoms with Crippen molar-refractivity contribution in [3.05, 3.63) is 78.1 Å². The second-order valence-electron chi connectivity index (χ2n) is 5.99. The molecule has 4 rings (SSSR count). The minimum absolute atomic E-state index is 0.0781. The lowest BCUT2D eigenvalue weighted by atomic mass is 9.99. The first kappa shape index (κ1) is 14.7. The molecule has 1 aromatic heterocycles. The Morgan fingerprint density at radius 3 is 1.96 bits per heavy atom. The zero-order valence-corrected chi connectivity index (χ0v) is 13.5. The van der Waals surface area contributed by atoms with Crippen LogP contribution in [0, 0.1) is 6.92 Å². The van der Waals surface area contributed by atoms with Gasteiger partial charge in [-0.3, -0.25) is 0 Å². The number of H-pyrrole nitrogens is 1. The number of aromatic amines is 1. The molecule has 0 saturated heterocycles. The van der Waals surface area contributed by atoms with Gasteiger partial charge in [-0.2, -0.15) is 0 Å². The van der Waals surface area contributed by atoms with E-state index in [9.17, 15) is 0 Å². The first-order chi connectivity index (χ1) is 11.7. The Bertz CT molecular complexity index is 983. The van der Waals surface area contributed by atoms with Crippen LogP contribution in [0.2, 0.25) is 0 Å². The molecule has 0 fully saturated rings. The largest absolute Gasteiger partial charge is 0.392 e. The Hall–Kier alpha value is -2.91. The highest BCUT2D eigenvalue weighted by atomic mass is 16.3. The zero-order chi connectivity index (χ0) is 16.5. The fourth-order valence-corrected chi connectivity index (χ4v) is 2.97. The molecular weight excluding hydrogens is 296 g/mol. The van der Waals surface area contributed by atoms with Crippen molar-refractivity contribution in [1.29, 1.82) is 0 Å². The molecule has 4 aromatic rings. The maximum atomic E-state index is 9.13. The van der Waals surface area contributed by atoms with Gasteiger partial charge in [-0.15, -0.1) is 0 Å². The summed E-state index contributed by atoms with van der Waals surface area (Å²) >= 11 is 0. The summed E-state index contributed by atoms with van der Waals surface area (Å²) < 4.78 is 0. The molecule has 0 aliphatic carbocycles. The number of imidazole rings is 1. The molecule has 0 saturated carbocycles. The number of benzene rings is 3. The summed E-state index contributed by atoms with van der Waals surface area (Å²) in [4.78, 5) is 7.73. The van der Waals surface area contributed by atoms with Gasteiger partial charge >= 0.3 is 0 Å². The standard InChI is InChI=1S/C21H18N2O/c1-14-22-20-11-10-19(12-21(20)23-14)18-8-6-17(7-9-18)16-4-2-15(13-24)3-5-16/h2-12,24H,13H2,1H3,(H,22,23). The molecule has 3 nitrogen and oxygen atoms in total. The number of aromatic nitrogens is 2. The third kappa shape index (κ3) is 2.70. The molecule has 0 aliphatic rings. The average Bonchev–Trinajstić information content (AvgIpc) is 3.01. The van der Waals surface area contributed by atoms with Crippen LogP contribution < -0.4 is 0 Å². The van der Waals surface area contributed by atoms with E-state index in [4.69, 9.17) is 5.11 Å². The summed E-state index contributed by atoms with van der Waals surface area (Å²) in [5.74, 6) is 0.934. The number of nitrogens with one attached hydrogen (secondary N) is 1. The van der Waals surface area contributed by atoms with E-state index in [0.717, 1.165) is 28.0 Å². The van der Waals surface area contributed by atoms with E-state index in [0.29, 0.717) is 0 Å². The molecule has 0 atom stereocenters. The van der Waals surface area contributed by atoms with Gasteiger partial charge in [0, 0.05) is 0 Å². The highest BCUT2D eigenvalue weighted by Gasteiger charge is 2.04. The average molecular weight is 314 g/mol. The van der Waals surface area contributed by atoms with Crippen LogP contribution in [0.3, 0.4) is 0 Å². The number of aliphatic hydroxyl groups is 1. The highest BCUT2D eigenvalue weighted by Crippen LogP contribution is 2.27. The van der Waals surface area contributed by atoms with Gasteiger partial charge in [-0.1, -0.05) is 54.6 Å². The van der Waals surface area contributed by atoms with E-state index in [-0.39, 0.29) is 6.61 Å². The van der Waals surface area contributed by atoms with Crippen molar-refractivity contribution in [3.63, 3.8) is 0 Å². The molecule has 2 N–H and O–H groups in total. The number of aliphatic hydroxyl groups excluding tert-OH is 1. The topological polar surface area (TPSA) is 48.9 Å². The SMILES string of the molecule is Cc1nc2ccc(-c3ccc(-c4ccc(CO)cc4)cc3)cc2[nH]1. The Morgan fingerprint density at radius 1 is 0.792 bits per heavy atom. The van der Waals surface area contributed by atoms with Gasteiger partial charge in [0.2, 0.25) is 0 Å². The Labute approximate surface area is 140 Å². The van der Waals surface area contributed by atoms with Crippen LogP contribution in [-0.4, -0.2) is 15.1 Å². The molecule has 0 unspecified atom stereocenters. The molecule has 3 aromatic carbocycles. The normalized spacial score (nSPS) is 11.1. The second-order valence-corrected chi connectivity index (χ2v) is 5.99. The molecule has 24 heavy (non-hydrogen) atoms. The number of aryl methyl sites for hydroxylation is 1. The van der Waals surface area contributed by atoms with Crippen LogP contribution in [0.4, 0.5) is 0 Å². The number of hydrogen-bond acceptors (Lipinski definition) is 2. The maximum Gasteiger partial charge on any atom is 0.104 e. The fraction of sp³-hybridized carbons (Fsp3) is 0.0952. The molecule has 0 radical (unpaired) electrons. The van der Waals surface area contributed by atoms with E-state index in [1.165, 1.54) is 16.7 Å². The van der Waals surface area contributed by atoms with Crippen molar-refractivity contribution in [2.24, 2.45) is 0 Å². The van der Waals surface area contributed by atoms with Crippen LogP contribution >= 0.6 is 0 Å². The van der Waals surface area contributed by atoms with Crippen LogP contribution in [0.15, 0.2) is 66.7 Å². The lowest BCUT2D eigenvalue weighted by Gasteiger charge is -2.06. The van der Waals surface area contributed by atoms with Crippen molar-refractivity contribution in [1.82, 2.24) is 9.97 Å². The fourth-order valence-electron chi connectivity index (χ4n) is 2.97. The van der Waals surface area contributed by atoms with Crippen LogP contribution in [0.25, 0.3) is 33.3 Å². The summed E-state index contributed by atoms with van der Waals surface area (Å²) in [5.41, 5.74) is 7.66. The minimum Gasteiger partial charge on any atom is -0.392 e. The first-order valence-corrected chi connectivity index (χ1v) is 8.00. The van der Waals surface area contributed by atoms with Crippen molar-refractivity contribution < 1.29 is 5.11 Å². The zero-order valence-electron chi connectivity index (χ0n) is 13.5. The van der Waals surface area contributed by atoms with E-state index < -0.39 is 0 Å². The predicted octanol–water partition coefficient (Wildman–Crippen LogP) is 4.70. The van der Waals surface area contributed by atoms with Gasteiger partial charge in [0.1, 0.15) is 5.82 Å². The van der Waals surface area contributed by atoms with Gasteiger partial charge in [0.05, 0.1) is 17.6 Å². The van der Waals surface area contributed by atoms with Crippen molar-refractivity contribution in [3.8, 4) is 22.3 Å². The summed E-state index contributed by atoms with van der Waals surface area (Å²) in [6, 6.07) is 22.8. The molecule has 0 amide bonds. The van der Waals surface area contributed by atoms with E-state index >= 15 is 0 Å². The van der Waals surface area contributed by atoms with Crippen molar-refractivity contribution >= 4 is 11.0 Å². The van der Waals surface area contributed by atoms with Crippen molar-refractivity contribution in [2.45, 2.75) is 13.5 Å². The lowest BCUT2D eigenvalue weighted by Crippen LogP contribution is -1.84. The van der Waals surface area contributed by atoms with E-state index in [2.05, 4.69) is 52.4 Å².